The molecule has 0 bridgehead atoms. The van der Waals surface area contributed by atoms with Gasteiger partial charge in [0, 0.05) is 22.6 Å². The zero-order valence-corrected chi connectivity index (χ0v) is 17.1. The van der Waals surface area contributed by atoms with E-state index in [4.69, 9.17) is 22.7 Å². The minimum absolute atomic E-state index is 0.0854. The summed E-state index contributed by atoms with van der Waals surface area (Å²) in [5.74, 6) is 0.767. The molecule has 1 atom stereocenters. The van der Waals surface area contributed by atoms with Gasteiger partial charge in [0.15, 0.2) is 0 Å². The molecule has 0 fully saturated rings. The highest BCUT2D eigenvalue weighted by Crippen LogP contribution is 2.38. The molecule has 1 aromatic heterocycles. The van der Waals surface area contributed by atoms with E-state index in [9.17, 15) is 0 Å². The van der Waals surface area contributed by atoms with Crippen LogP contribution in [0.4, 0.5) is 5.69 Å². The average molecular weight is 408 g/mol. The molecule has 0 unspecified atom stereocenters. The Labute approximate surface area is 184 Å². The van der Waals surface area contributed by atoms with Crippen LogP contribution in [0, 0.1) is 6.57 Å². The molecule has 1 aliphatic rings. The van der Waals surface area contributed by atoms with Crippen molar-refractivity contribution in [1.82, 2.24) is 15.5 Å². The Balaban J connectivity index is 1.75. The molecule has 6 heteroatoms. The van der Waals surface area contributed by atoms with Crippen molar-refractivity contribution in [2.75, 3.05) is 6.50 Å². The Hall–Kier alpha value is -3.17. The van der Waals surface area contributed by atoms with Crippen molar-refractivity contribution in [2.24, 2.45) is 0 Å². The highest BCUT2D eigenvalue weighted by atomic mass is 16.5. The van der Waals surface area contributed by atoms with Crippen molar-refractivity contribution in [3.05, 3.63) is 58.9 Å². The van der Waals surface area contributed by atoms with Gasteiger partial charge in [0.05, 0.1) is 14.0 Å². The van der Waals surface area contributed by atoms with Crippen molar-refractivity contribution in [2.45, 2.75) is 52.1 Å². The highest BCUT2D eigenvalue weighted by Gasteiger charge is 2.26. The van der Waals surface area contributed by atoms with Gasteiger partial charge in [-0.1, -0.05) is 30.3 Å². The van der Waals surface area contributed by atoms with E-state index in [-0.39, 0.29) is 36.2 Å². The van der Waals surface area contributed by atoms with Gasteiger partial charge in [-0.25, -0.2) is 4.85 Å². The minimum Gasteiger partial charge on any atom is -0.502 e. The molecular formula is C24H26N4O2. The first kappa shape index (κ1) is 14.8. The van der Waals surface area contributed by atoms with Crippen molar-refractivity contribution in [1.29, 1.82) is 0 Å². The largest absolute Gasteiger partial charge is 0.502 e. The van der Waals surface area contributed by atoms with E-state index in [1.807, 2.05) is 13.8 Å². The summed E-state index contributed by atoms with van der Waals surface area (Å²) in [5, 5.41) is 6.74. The van der Waals surface area contributed by atoms with Crippen LogP contribution in [0.2, 0.25) is 0 Å². The van der Waals surface area contributed by atoms with Gasteiger partial charge < -0.3 is 14.6 Å². The molecule has 4 rings (SSSR count). The van der Waals surface area contributed by atoms with Gasteiger partial charge in [-0.3, -0.25) is 0 Å². The van der Waals surface area contributed by atoms with Gasteiger partial charge in [-0.05, 0) is 68.9 Å². The molecule has 30 heavy (non-hydrogen) atoms. The molecule has 0 amide bonds. The third kappa shape index (κ3) is 3.94. The first-order valence-corrected chi connectivity index (χ1v) is 9.85. The topological polar surface area (TPSA) is 64.5 Å². The number of hydrogen-bond acceptors (Lipinski definition) is 5. The number of fused-ring (bicyclic) bond motifs is 1. The SMILES string of the molecule is [2H]C([2H])(CC)N[C@@]1([2H])CC([2H])([2H])c2c(-c3noc(-c4ccc(OC(C)C)c([N+]#[C-])c4)n3)cccc21. The van der Waals surface area contributed by atoms with Crippen LogP contribution < -0.4 is 10.1 Å². The minimum atomic E-state index is -1.92. The maximum absolute atomic E-state index is 8.89. The first-order valence-electron chi connectivity index (χ1n) is 12.3. The third-order valence-corrected chi connectivity index (χ3v) is 4.60. The summed E-state index contributed by atoms with van der Waals surface area (Å²) in [6.45, 7) is 11.0. The summed E-state index contributed by atoms with van der Waals surface area (Å²) in [4.78, 5) is 7.97. The van der Waals surface area contributed by atoms with E-state index in [0.29, 0.717) is 28.1 Å². The Morgan fingerprint density at radius 3 is 3.07 bits per heavy atom. The lowest BCUT2D eigenvalue weighted by molar-refractivity contribution is 0.244. The maximum Gasteiger partial charge on any atom is 0.256 e. The standard InChI is InChI=1S/C24H26N4O2/c1-5-13-26-20-11-10-17-18(20)7-6-8-19(17)23-27-24(30-28-23)16-9-12-22(29-15(2)3)21(14-16)25-4/h6-9,12,14-15,20,26H,5,10-11,13H2,1-3H3/t20-/m0/s1/i10D2,13D2,20D. The van der Waals surface area contributed by atoms with Crippen molar-refractivity contribution < 1.29 is 16.1 Å². The zero-order chi connectivity index (χ0) is 25.6. The fourth-order valence-corrected chi connectivity index (χ4v) is 3.30. The molecule has 2 aromatic carbocycles. The van der Waals surface area contributed by atoms with Gasteiger partial charge >= 0.3 is 0 Å². The van der Waals surface area contributed by atoms with E-state index in [0.717, 1.165) is 0 Å². The lowest BCUT2D eigenvalue weighted by atomic mass is 10.0. The van der Waals surface area contributed by atoms with Crippen LogP contribution in [0.25, 0.3) is 27.7 Å². The molecule has 3 aromatic rings. The number of ether oxygens (including phenoxy) is 1. The second kappa shape index (κ2) is 8.68. The Morgan fingerprint density at radius 2 is 2.30 bits per heavy atom. The van der Waals surface area contributed by atoms with Crippen LogP contribution in [0.3, 0.4) is 0 Å². The van der Waals surface area contributed by atoms with E-state index in [2.05, 4.69) is 20.3 Å². The fraction of sp³-hybridized carbons (Fsp3) is 0.375. The molecular weight excluding hydrogens is 376 g/mol. The fourth-order valence-electron chi connectivity index (χ4n) is 3.30. The predicted molar refractivity (Wildman–Crippen MR) is 117 cm³/mol. The van der Waals surface area contributed by atoms with Crippen LogP contribution in [0.5, 0.6) is 5.75 Å². The smallest absolute Gasteiger partial charge is 0.256 e. The average Bonchev–Trinajstić information content (AvgIpc) is 3.34. The molecule has 0 radical (unpaired) electrons. The van der Waals surface area contributed by atoms with Gasteiger partial charge in [-0.15, -0.1) is 0 Å². The number of nitrogens with one attached hydrogen (secondary N) is 1. The molecule has 154 valence electrons. The van der Waals surface area contributed by atoms with Crippen molar-refractivity contribution >= 4 is 5.69 Å². The summed E-state index contributed by atoms with van der Waals surface area (Å²) < 4.78 is 53.4. The third-order valence-electron chi connectivity index (χ3n) is 4.60. The van der Waals surface area contributed by atoms with E-state index >= 15 is 0 Å². The molecule has 6 nitrogen and oxygen atoms in total. The van der Waals surface area contributed by atoms with Gasteiger partial charge in [0.25, 0.3) is 5.89 Å². The highest BCUT2D eigenvalue weighted by molar-refractivity contribution is 5.70. The summed E-state index contributed by atoms with van der Waals surface area (Å²) in [7, 11) is 0. The molecule has 0 saturated carbocycles. The molecule has 1 aliphatic carbocycles. The molecule has 0 aliphatic heterocycles. The summed E-state index contributed by atoms with van der Waals surface area (Å²) in [6, 6.07) is 8.30. The quantitative estimate of drug-likeness (QED) is 0.507. The summed E-state index contributed by atoms with van der Waals surface area (Å²) in [6.07, 6.45) is -2.13. The Morgan fingerprint density at radius 1 is 1.43 bits per heavy atom. The Bertz CT molecular complexity index is 1300. The van der Waals surface area contributed by atoms with Crippen LogP contribution in [0.1, 0.15) is 57.6 Å². The van der Waals surface area contributed by atoms with Crippen LogP contribution in [-0.4, -0.2) is 22.7 Å². The zero-order valence-electron chi connectivity index (χ0n) is 22.1. The number of rotatable bonds is 7. The molecule has 0 saturated heterocycles. The van der Waals surface area contributed by atoms with E-state index in [1.54, 1.807) is 43.3 Å². The van der Waals surface area contributed by atoms with Crippen LogP contribution >= 0.6 is 0 Å². The summed E-state index contributed by atoms with van der Waals surface area (Å²) in [5.41, 5.74) is 1.79. The lowest BCUT2D eigenvalue weighted by Crippen LogP contribution is -2.19. The molecule has 1 heterocycles. The number of hydrogen-bond donors (Lipinski definition) is 1. The number of nitrogens with zero attached hydrogens (tertiary/aromatic N) is 3. The van der Waals surface area contributed by atoms with E-state index < -0.39 is 18.9 Å². The second-order valence-corrected chi connectivity index (χ2v) is 7.10. The second-order valence-electron chi connectivity index (χ2n) is 7.10. The Kier molecular flexibility index (Phi) is 4.27. The first-order chi connectivity index (χ1) is 16.4. The summed E-state index contributed by atoms with van der Waals surface area (Å²) >= 11 is 0. The van der Waals surface area contributed by atoms with Gasteiger partial charge in [-0.2, -0.15) is 4.98 Å². The predicted octanol–water partition coefficient (Wildman–Crippen LogP) is 5.73. The van der Waals surface area contributed by atoms with Gasteiger partial charge in [0.1, 0.15) is 5.75 Å². The van der Waals surface area contributed by atoms with Crippen molar-refractivity contribution in [3.63, 3.8) is 0 Å². The lowest BCUT2D eigenvalue weighted by Gasteiger charge is -2.13. The maximum atomic E-state index is 8.89. The monoisotopic (exact) mass is 407 g/mol. The number of aromatic nitrogens is 2. The number of benzene rings is 2. The normalized spacial score (nSPS) is 22.3. The van der Waals surface area contributed by atoms with Crippen molar-refractivity contribution in [3.8, 4) is 28.6 Å². The van der Waals surface area contributed by atoms with Crippen LogP contribution in [-0.2, 0) is 6.37 Å². The van der Waals surface area contributed by atoms with Gasteiger partial charge in [0.2, 0.25) is 11.5 Å². The van der Waals surface area contributed by atoms with Crippen LogP contribution in [0.15, 0.2) is 40.9 Å². The molecule has 0 spiro atoms. The van der Waals surface area contributed by atoms with E-state index in [1.165, 1.54) is 0 Å². The molecule has 1 N–H and O–H groups in total.